The summed E-state index contributed by atoms with van der Waals surface area (Å²) >= 11 is 0. The molecule has 0 amide bonds. The third-order valence-corrected chi connectivity index (χ3v) is 9.99. The largest absolute Gasteiger partial charge is 0.481 e. The highest BCUT2D eigenvalue weighted by molar-refractivity contribution is 5.90. The van der Waals surface area contributed by atoms with E-state index in [1.165, 1.54) is 0 Å². The molecule has 1 aliphatic heterocycles. The number of hydrogen-bond acceptors (Lipinski definition) is 4. The summed E-state index contributed by atoms with van der Waals surface area (Å²) in [6.07, 6.45) is 11.0. The van der Waals surface area contributed by atoms with Crippen LogP contribution in [-0.4, -0.2) is 33.2 Å². The lowest BCUT2D eigenvalue weighted by molar-refractivity contribution is -0.139. The first-order valence-corrected chi connectivity index (χ1v) is 15.0. The second-order valence-corrected chi connectivity index (χ2v) is 12.3. The van der Waals surface area contributed by atoms with Gasteiger partial charge in [-0.25, -0.2) is 4.98 Å². The van der Waals surface area contributed by atoms with Crippen LogP contribution in [0.3, 0.4) is 0 Å². The van der Waals surface area contributed by atoms with Gasteiger partial charge in [-0.1, -0.05) is 97.1 Å². The summed E-state index contributed by atoms with van der Waals surface area (Å²) in [6, 6.07) is 26.1. The van der Waals surface area contributed by atoms with Crippen molar-refractivity contribution < 1.29 is 19.8 Å². The van der Waals surface area contributed by atoms with Gasteiger partial charge in [0, 0.05) is 33.0 Å². The second-order valence-electron chi connectivity index (χ2n) is 12.3. The summed E-state index contributed by atoms with van der Waals surface area (Å²) in [6.45, 7) is 0. The van der Waals surface area contributed by atoms with Gasteiger partial charge in [-0.05, 0) is 52.8 Å². The number of aliphatic carboxylic acids is 2. The van der Waals surface area contributed by atoms with E-state index < -0.39 is 22.8 Å². The summed E-state index contributed by atoms with van der Waals surface area (Å²) in [4.78, 5) is 30.5. The lowest BCUT2D eigenvalue weighted by atomic mass is 9.64. The Morgan fingerprint density at radius 3 is 2.23 bits per heavy atom. The molecule has 0 fully saturated rings. The van der Waals surface area contributed by atoms with Gasteiger partial charge in [0.25, 0.3) is 0 Å². The van der Waals surface area contributed by atoms with E-state index >= 15 is 0 Å². The fourth-order valence-corrected chi connectivity index (χ4v) is 8.14. The third-order valence-electron chi connectivity index (χ3n) is 9.99. The number of carboxylic acid groups (broad SMARTS) is 2. The van der Waals surface area contributed by atoms with E-state index in [9.17, 15) is 19.8 Å². The molecule has 3 atom stereocenters. The number of pyridine rings is 1. The number of dihydropyridines is 1. The molecule has 8 rings (SSSR count). The molecule has 3 N–H and O–H groups in total. The maximum atomic E-state index is 12.7. The van der Waals surface area contributed by atoms with Crippen LogP contribution in [0.1, 0.15) is 47.9 Å². The normalized spacial score (nSPS) is 23.7. The van der Waals surface area contributed by atoms with E-state index in [0.29, 0.717) is 12.8 Å². The molecule has 4 aliphatic rings. The molecule has 0 radical (unpaired) electrons. The van der Waals surface area contributed by atoms with Crippen molar-refractivity contribution in [3.05, 3.63) is 143 Å². The molecule has 0 saturated carbocycles. The molecule has 4 aromatic rings. The maximum absolute atomic E-state index is 12.7. The van der Waals surface area contributed by atoms with Crippen molar-refractivity contribution in [2.45, 2.75) is 42.6 Å². The number of allylic oxidation sites excluding steroid dienone is 4. The fourth-order valence-electron chi connectivity index (χ4n) is 8.14. The average molecular weight is 579 g/mol. The van der Waals surface area contributed by atoms with Crippen LogP contribution < -0.4 is 5.32 Å². The number of hydrogen-bond donors (Lipinski definition) is 3. The minimum absolute atomic E-state index is 0.0127. The van der Waals surface area contributed by atoms with Gasteiger partial charge in [-0.15, -0.1) is 0 Å². The predicted molar refractivity (Wildman–Crippen MR) is 170 cm³/mol. The molecule has 3 aliphatic carbocycles. The summed E-state index contributed by atoms with van der Waals surface area (Å²) in [7, 11) is 0. The van der Waals surface area contributed by atoms with Gasteiger partial charge in [0.05, 0.1) is 30.1 Å². The number of rotatable bonds is 7. The van der Waals surface area contributed by atoms with Crippen molar-refractivity contribution in [2.24, 2.45) is 0 Å². The van der Waals surface area contributed by atoms with Gasteiger partial charge < -0.3 is 15.5 Å². The summed E-state index contributed by atoms with van der Waals surface area (Å²) in [5, 5.41) is 25.5. The van der Waals surface area contributed by atoms with Gasteiger partial charge in [0.1, 0.15) is 0 Å². The minimum Gasteiger partial charge on any atom is -0.481 e. The molecule has 2 heterocycles. The zero-order valence-electron chi connectivity index (χ0n) is 24.0. The average Bonchev–Trinajstić information content (AvgIpc) is 3.44. The van der Waals surface area contributed by atoms with Crippen molar-refractivity contribution in [3.63, 3.8) is 0 Å². The lowest BCUT2D eigenvalue weighted by Gasteiger charge is -2.38. The molecular formula is C38H30N2O4. The quantitative estimate of drug-likeness (QED) is 0.220. The SMILES string of the molecule is O=C(O)CC1(CCC2(CC(=O)O)c3ccccc3-c3nc4ccccc4cc32)C2=C(NC3C=CC=CC3=C2)c2ccccc21. The number of carbonyl (C=O) groups is 2. The van der Waals surface area contributed by atoms with Crippen LogP contribution in [-0.2, 0) is 20.4 Å². The van der Waals surface area contributed by atoms with Crippen molar-refractivity contribution >= 4 is 28.5 Å². The van der Waals surface area contributed by atoms with Gasteiger partial charge in [-0.3, -0.25) is 9.59 Å². The molecular weight excluding hydrogens is 548 g/mol. The summed E-state index contributed by atoms with van der Waals surface area (Å²) in [5.41, 5.74) is 7.68. The van der Waals surface area contributed by atoms with Crippen molar-refractivity contribution in [1.82, 2.24) is 10.3 Å². The van der Waals surface area contributed by atoms with Crippen molar-refractivity contribution in [2.75, 3.05) is 0 Å². The number of nitrogens with one attached hydrogen (secondary N) is 1. The molecule has 0 saturated heterocycles. The molecule has 6 nitrogen and oxygen atoms in total. The van der Waals surface area contributed by atoms with Crippen molar-refractivity contribution in [1.29, 1.82) is 0 Å². The van der Waals surface area contributed by atoms with Crippen LogP contribution in [0.5, 0.6) is 0 Å². The monoisotopic (exact) mass is 578 g/mol. The van der Waals surface area contributed by atoms with Crippen LogP contribution in [0.25, 0.3) is 27.9 Å². The summed E-state index contributed by atoms with van der Waals surface area (Å²) in [5.74, 6) is -1.79. The van der Waals surface area contributed by atoms with E-state index in [0.717, 1.165) is 61.3 Å². The zero-order chi connectivity index (χ0) is 30.1. The van der Waals surface area contributed by atoms with Crippen LogP contribution in [0.4, 0.5) is 0 Å². The molecule has 1 aromatic heterocycles. The van der Waals surface area contributed by atoms with Gasteiger partial charge in [0.15, 0.2) is 0 Å². The molecule has 3 aromatic carbocycles. The van der Waals surface area contributed by atoms with Gasteiger partial charge in [-0.2, -0.15) is 0 Å². The molecule has 0 spiro atoms. The van der Waals surface area contributed by atoms with E-state index in [-0.39, 0.29) is 18.9 Å². The Bertz CT molecular complexity index is 2040. The highest BCUT2D eigenvalue weighted by atomic mass is 16.4. The smallest absolute Gasteiger partial charge is 0.304 e. The molecule has 0 bridgehead atoms. The van der Waals surface area contributed by atoms with Gasteiger partial charge in [0.2, 0.25) is 0 Å². The molecule has 44 heavy (non-hydrogen) atoms. The Hall–Kier alpha value is -5.23. The topological polar surface area (TPSA) is 99.5 Å². The maximum Gasteiger partial charge on any atom is 0.304 e. The van der Waals surface area contributed by atoms with Crippen LogP contribution >= 0.6 is 0 Å². The van der Waals surface area contributed by atoms with Crippen molar-refractivity contribution in [3.8, 4) is 11.3 Å². The highest BCUT2D eigenvalue weighted by Crippen LogP contribution is 2.58. The standard InChI is InChI=1S/C38H30N2O4/c41-33(42)21-37(27-13-5-3-11-25(27)35-29(37)19-23-9-1-7-15-31(23)39-35)17-18-38(22-34(43)44)28-14-6-4-12-26(28)36-30(38)20-24-10-2-8-16-32(24)40-36/h1-16,19-20,31,39H,17-18,21-22H2,(H,41,42)(H,43,44). The predicted octanol–water partition coefficient (Wildman–Crippen LogP) is 6.92. The zero-order valence-corrected chi connectivity index (χ0v) is 24.0. The summed E-state index contributed by atoms with van der Waals surface area (Å²) < 4.78 is 0. The molecule has 3 unspecified atom stereocenters. The van der Waals surface area contributed by atoms with Gasteiger partial charge >= 0.3 is 11.9 Å². The first-order chi connectivity index (χ1) is 21.4. The van der Waals surface area contributed by atoms with Crippen LogP contribution in [0.15, 0.2) is 120 Å². The number of para-hydroxylation sites is 1. The van der Waals surface area contributed by atoms with E-state index in [1.54, 1.807) is 0 Å². The highest BCUT2D eigenvalue weighted by Gasteiger charge is 2.52. The first-order valence-electron chi connectivity index (χ1n) is 15.0. The Kier molecular flexibility index (Phi) is 5.79. The Labute approximate surface area is 254 Å². The Balaban J connectivity index is 1.33. The Morgan fingerprint density at radius 1 is 0.773 bits per heavy atom. The number of nitrogens with zero attached hydrogens (tertiary/aromatic N) is 1. The van der Waals surface area contributed by atoms with E-state index in [2.05, 4.69) is 35.7 Å². The molecule has 216 valence electrons. The Morgan fingerprint density at radius 2 is 1.43 bits per heavy atom. The first kappa shape index (κ1) is 26.4. The minimum atomic E-state index is -0.900. The number of carboxylic acids is 2. The number of aromatic nitrogens is 1. The fraction of sp³-hybridized carbons (Fsp3) is 0.184. The number of fused-ring (bicyclic) bond motifs is 7. The van der Waals surface area contributed by atoms with E-state index in [1.807, 2.05) is 78.9 Å². The second kappa shape index (κ2) is 9.64. The third kappa shape index (κ3) is 3.77. The van der Waals surface area contributed by atoms with Crippen LogP contribution in [0.2, 0.25) is 0 Å². The molecule has 6 heteroatoms. The lowest BCUT2D eigenvalue weighted by Crippen LogP contribution is -2.37. The number of benzene rings is 3. The van der Waals surface area contributed by atoms with E-state index in [4.69, 9.17) is 4.98 Å². The van der Waals surface area contributed by atoms with Crippen LogP contribution in [0, 0.1) is 0 Å².